The number of hydrogen-bond acceptors (Lipinski definition) is 4. The largest absolute Gasteiger partial charge is 0.493 e. The summed E-state index contributed by atoms with van der Waals surface area (Å²) < 4.78 is 8.00. The monoisotopic (exact) mass is 513 g/mol. The normalized spacial score (nSPS) is 15.8. The minimum Gasteiger partial charge on any atom is -0.493 e. The lowest BCUT2D eigenvalue weighted by Crippen LogP contribution is -2.54. The van der Waals surface area contributed by atoms with Crippen LogP contribution in [0.15, 0.2) is 90.6 Å². The first kappa shape index (κ1) is 24.3. The molecule has 4 amide bonds. The van der Waals surface area contributed by atoms with Gasteiger partial charge in [-0.25, -0.2) is 9.69 Å². The van der Waals surface area contributed by atoms with E-state index in [1.165, 1.54) is 6.08 Å². The van der Waals surface area contributed by atoms with Gasteiger partial charge in [0, 0.05) is 40.1 Å². The highest BCUT2D eigenvalue weighted by atomic mass is 35.5. The number of imide groups is 2. The Morgan fingerprint density at radius 2 is 1.65 bits per heavy atom. The van der Waals surface area contributed by atoms with E-state index in [0.29, 0.717) is 29.4 Å². The average molecular weight is 514 g/mol. The van der Waals surface area contributed by atoms with Crippen LogP contribution in [0.3, 0.4) is 0 Å². The van der Waals surface area contributed by atoms with Crippen molar-refractivity contribution in [3.63, 3.8) is 0 Å². The number of amides is 4. The summed E-state index contributed by atoms with van der Waals surface area (Å²) in [5, 5.41) is 3.62. The molecule has 1 aromatic heterocycles. The molecule has 0 saturated carbocycles. The Bertz CT molecular complexity index is 1510. The first-order valence-corrected chi connectivity index (χ1v) is 12.2. The van der Waals surface area contributed by atoms with Gasteiger partial charge in [0.05, 0.1) is 12.3 Å². The standard InChI is InChI=1S/C29H24ClN3O4/c1-19(18-37-23-7-3-2-4-8-23)16-32-17-20(24-9-5-6-10-26(24)32)15-25-27(34)31-29(36)33(28(25)35)22-13-11-21(30)12-14-22/h2-15,17,19H,16,18H2,1H3,(H,31,34,36)/b25-15+/t19-/m0/s1. The summed E-state index contributed by atoms with van der Waals surface area (Å²) in [5.74, 6) is -0.424. The molecule has 0 radical (unpaired) electrons. The number of aromatic nitrogens is 1. The third-order valence-electron chi connectivity index (χ3n) is 6.09. The summed E-state index contributed by atoms with van der Waals surface area (Å²) in [7, 11) is 0. The average Bonchev–Trinajstić information content (AvgIpc) is 3.24. The van der Waals surface area contributed by atoms with Crippen molar-refractivity contribution in [1.82, 2.24) is 9.88 Å². The van der Waals surface area contributed by atoms with Gasteiger partial charge in [0.1, 0.15) is 11.3 Å². The van der Waals surface area contributed by atoms with E-state index in [9.17, 15) is 14.4 Å². The molecule has 0 unspecified atom stereocenters. The van der Waals surface area contributed by atoms with E-state index in [1.807, 2.05) is 60.8 Å². The van der Waals surface area contributed by atoms with Gasteiger partial charge in [-0.2, -0.15) is 0 Å². The molecule has 0 bridgehead atoms. The zero-order valence-electron chi connectivity index (χ0n) is 20.1. The molecular formula is C29H24ClN3O4. The Balaban J connectivity index is 1.43. The van der Waals surface area contributed by atoms with Gasteiger partial charge >= 0.3 is 6.03 Å². The number of hydrogen-bond donors (Lipinski definition) is 1. The first-order chi connectivity index (χ1) is 17.9. The minimum atomic E-state index is -0.802. The fourth-order valence-electron chi connectivity index (χ4n) is 4.32. The zero-order chi connectivity index (χ0) is 25.9. The summed E-state index contributed by atoms with van der Waals surface area (Å²) in [4.78, 5) is 39.4. The summed E-state index contributed by atoms with van der Waals surface area (Å²) in [6.45, 7) is 3.31. The number of rotatable bonds is 7. The molecule has 4 aromatic rings. The molecule has 2 heterocycles. The number of urea groups is 1. The van der Waals surface area contributed by atoms with Crippen LogP contribution in [0.1, 0.15) is 12.5 Å². The van der Waals surface area contributed by atoms with Crippen molar-refractivity contribution in [2.75, 3.05) is 11.5 Å². The SMILES string of the molecule is C[C@H](COc1ccccc1)Cn1cc(/C=C2\C(=O)NC(=O)N(c3ccc(Cl)cc3)C2=O)c2ccccc21. The number of benzene rings is 3. The van der Waals surface area contributed by atoms with Crippen molar-refractivity contribution in [2.45, 2.75) is 13.5 Å². The predicted octanol–water partition coefficient (Wildman–Crippen LogP) is 5.68. The second kappa shape index (κ2) is 10.3. The van der Waals surface area contributed by atoms with Gasteiger partial charge in [-0.3, -0.25) is 14.9 Å². The van der Waals surface area contributed by atoms with E-state index in [-0.39, 0.29) is 11.5 Å². The quantitative estimate of drug-likeness (QED) is 0.255. The molecule has 1 aliphatic heterocycles. The molecule has 1 atom stereocenters. The van der Waals surface area contributed by atoms with Crippen LogP contribution in [0.4, 0.5) is 10.5 Å². The molecule has 5 rings (SSSR count). The van der Waals surface area contributed by atoms with E-state index >= 15 is 0 Å². The zero-order valence-corrected chi connectivity index (χ0v) is 20.8. The molecule has 1 fully saturated rings. The number of nitrogens with zero attached hydrogens (tertiary/aromatic N) is 2. The molecule has 1 aliphatic rings. The van der Waals surface area contributed by atoms with E-state index in [1.54, 1.807) is 24.3 Å². The molecule has 0 aliphatic carbocycles. The van der Waals surface area contributed by atoms with Crippen LogP contribution < -0.4 is 15.0 Å². The third-order valence-corrected chi connectivity index (χ3v) is 6.34. The van der Waals surface area contributed by atoms with E-state index in [0.717, 1.165) is 21.6 Å². The third kappa shape index (κ3) is 5.13. The molecule has 37 heavy (non-hydrogen) atoms. The summed E-state index contributed by atoms with van der Waals surface area (Å²) in [6.07, 6.45) is 3.46. The second-order valence-corrected chi connectivity index (χ2v) is 9.35. The molecule has 8 heteroatoms. The van der Waals surface area contributed by atoms with Crippen molar-refractivity contribution in [3.05, 3.63) is 101 Å². The fourth-order valence-corrected chi connectivity index (χ4v) is 4.45. The number of carbonyl (C=O) groups is 3. The molecule has 7 nitrogen and oxygen atoms in total. The molecule has 3 aromatic carbocycles. The number of barbiturate groups is 1. The number of carbonyl (C=O) groups excluding carboxylic acids is 3. The number of fused-ring (bicyclic) bond motifs is 1. The van der Waals surface area contributed by atoms with Crippen LogP contribution >= 0.6 is 11.6 Å². The molecule has 186 valence electrons. The summed E-state index contributed by atoms with van der Waals surface area (Å²) >= 11 is 5.95. The summed E-state index contributed by atoms with van der Waals surface area (Å²) in [6, 6.07) is 22.9. The topological polar surface area (TPSA) is 80.6 Å². The second-order valence-electron chi connectivity index (χ2n) is 8.92. The van der Waals surface area contributed by atoms with Crippen molar-refractivity contribution < 1.29 is 19.1 Å². The number of para-hydroxylation sites is 2. The van der Waals surface area contributed by atoms with Crippen LogP contribution in [0, 0.1) is 5.92 Å². The molecular weight excluding hydrogens is 490 g/mol. The lowest BCUT2D eigenvalue weighted by Gasteiger charge is -2.26. The first-order valence-electron chi connectivity index (χ1n) is 11.8. The number of ether oxygens (including phenoxy) is 1. The van der Waals surface area contributed by atoms with Crippen LogP contribution in [0.25, 0.3) is 17.0 Å². The maximum absolute atomic E-state index is 13.3. The van der Waals surface area contributed by atoms with E-state index in [4.69, 9.17) is 16.3 Å². The van der Waals surface area contributed by atoms with Crippen LogP contribution in [-0.2, 0) is 16.1 Å². The molecule has 1 N–H and O–H groups in total. The van der Waals surface area contributed by atoms with Crippen molar-refractivity contribution in [1.29, 1.82) is 0 Å². The smallest absolute Gasteiger partial charge is 0.335 e. The van der Waals surface area contributed by atoms with Crippen LogP contribution in [0.5, 0.6) is 5.75 Å². The fraction of sp³-hybridized carbons (Fsp3) is 0.138. The molecule has 0 spiro atoms. The van der Waals surface area contributed by atoms with Crippen molar-refractivity contribution >= 4 is 52.1 Å². The van der Waals surface area contributed by atoms with Gasteiger partial charge in [0.25, 0.3) is 11.8 Å². The maximum Gasteiger partial charge on any atom is 0.335 e. The van der Waals surface area contributed by atoms with Gasteiger partial charge in [-0.05, 0) is 48.5 Å². The Morgan fingerprint density at radius 3 is 2.41 bits per heavy atom. The van der Waals surface area contributed by atoms with Crippen molar-refractivity contribution in [2.24, 2.45) is 5.92 Å². The number of halogens is 1. The highest BCUT2D eigenvalue weighted by Crippen LogP contribution is 2.28. The number of nitrogens with one attached hydrogen (secondary N) is 1. The van der Waals surface area contributed by atoms with E-state index in [2.05, 4.69) is 16.8 Å². The van der Waals surface area contributed by atoms with Gasteiger partial charge in [-0.1, -0.05) is 54.9 Å². The van der Waals surface area contributed by atoms with Crippen molar-refractivity contribution in [3.8, 4) is 5.75 Å². The van der Waals surface area contributed by atoms with Gasteiger partial charge in [0.2, 0.25) is 0 Å². The predicted molar refractivity (Wildman–Crippen MR) is 143 cm³/mol. The van der Waals surface area contributed by atoms with Crippen LogP contribution in [-0.4, -0.2) is 29.0 Å². The Kier molecular flexibility index (Phi) is 6.79. The lowest BCUT2D eigenvalue weighted by atomic mass is 10.1. The highest BCUT2D eigenvalue weighted by molar-refractivity contribution is 6.39. The van der Waals surface area contributed by atoms with Gasteiger partial charge in [0.15, 0.2) is 0 Å². The van der Waals surface area contributed by atoms with Crippen LogP contribution in [0.2, 0.25) is 5.02 Å². The maximum atomic E-state index is 13.3. The van der Waals surface area contributed by atoms with Gasteiger partial charge < -0.3 is 9.30 Å². The summed E-state index contributed by atoms with van der Waals surface area (Å²) in [5.41, 5.74) is 1.86. The Morgan fingerprint density at radius 1 is 0.946 bits per heavy atom. The Hall–Kier alpha value is -4.36. The highest BCUT2D eigenvalue weighted by Gasteiger charge is 2.37. The number of anilines is 1. The Labute approximate surface area is 218 Å². The molecule has 1 saturated heterocycles. The lowest BCUT2D eigenvalue weighted by molar-refractivity contribution is -0.122. The van der Waals surface area contributed by atoms with Gasteiger partial charge in [-0.15, -0.1) is 0 Å². The minimum absolute atomic E-state index is 0.127. The van der Waals surface area contributed by atoms with E-state index < -0.39 is 17.8 Å².